The van der Waals surface area contributed by atoms with Gasteiger partial charge in [-0.3, -0.25) is 0 Å². The lowest BCUT2D eigenvalue weighted by molar-refractivity contribution is 0.267. The number of fused-ring (bicyclic) bond motifs is 2. The van der Waals surface area contributed by atoms with Crippen LogP contribution in [0, 0.1) is 18.8 Å². The van der Waals surface area contributed by atoms with E-state index in [1.54, 1.807) is 11.3 Å². The molecular formula is C12H18N2S. The maximum atomic E-state index is 6.55. The fourth-order valence-electron chi connectivity index (χ4n) is 3.53. The smallest absolute Gasteiger partial charge is 0.0897 e. The molecule has 0 spiro atoms. The highest BCUT2D eigenvalue weighted by Gasteiger charge is 2.48. The quantitative estimate of drug-likeness (QED) is 0.835. The largest absolute Gasteiger partial charge is 0.324 e. The topological polar surface area (TPSA) is 38.9 Å². The van der Waals surface area contributed by atoms with Gasteiger partial charge in [-0.05, 0) is 38.0 Å². The van der Waals surface area contributed by atoms with Gasteiger partial charge in [0.2, 0.25) is 0 Å². The highest BCUT2D eigenvalue weighted by atomic mass is 32.1. The summed E-state index contributed by atoms with van der Waals surface area (Å²) in [5.74, 6) is 1.68. The van der Waals surface area contributed by atoms with Crippen LogP contribution in [0.3, 0.4) is 0 Å². The maximum Gasteiger partial charge on any atom is 0.0897 e. The van der Waals surface area contributed by atoms with Gasteiger partial charge in [0.25, 0.3) is 0 Å². The number of rotatable bonds is 2. The van der Waals surface area contributed by atoms with Crippen molar-refractivity contribution in [1.82, 2.24) is 4.98 Å². The number of hydrogen-bond donors (Lipinski definition) is 1. The van der Waals surface area contributed by atoms with E-state index in [-0.39, 0.29) is 5.54 Å². The SMILES string of the molecule is Cc1nc(CC2(N)CC3CCC2C3)cs1. The van der Waals surface area contributed by atoms with Gasteiger partial charge in [-0.25, -0.2) is 4.98 Å². The average molecular weight is 222 g/mol. The van der Waals surface area contributed by atoms with Crippen LogP contribution in [0.1, 0.15) is 36.4 Å². The summed E-state index contributed by atoms with van der Waals surface area (Å²) in [5, 5.41) is 3.34. The number of nitrogens with zero attached hydrogens (tertiary/aromatic N) is 1. The standard InChI is InChI=1S/C12H18N2S/c1-8-14-11(7-15-8)6-12(13)5-9-2-3-10(12)4-9/h7,9-10H,2-6,13H2,1H3. The summed E-state index contributed by atoms with van der Waals surface area (Å²) in [7, 11) is 0. The van der Waals surface area contributed by atoms with Gasteiger partial charge in [-0.2, -0.15) is 0 Å². The zero-order valence-electron chi connectivity index (χ0n) is 9.20. The molecule has 2 N–H and O–H groups in total. The maximum absolute atomic E-state index is 6.55. The lowest BCUT2D eigenvalue weighted by atomic mass is 9.79. The molecule has 3 rings (SSSR count). The van der Waals surface area contributed by atoms with Gasteiger partial charge in [-0.15, -0.1) is 11.3 Å². The van der Waals surface area contributed by atoms with Crippen LogP contribution >= 0.6 is 11.3 Å². The number of aromatic nitrogens is 1. The fourth-order valence-corrected chi connectivity index (χ4v) is 4.14. The zero-order chi connectivity index (χ0) is 10.5. The Morgan fingerprint density at radius 1 is 1.60 bits per heavy atom. The van der Waals surface area contributed by atoms with Gasteiger partial charge in [0.15, 0.2) is 0 Å². The van der Waals surface area contributed by atoms with Gasteiger partial charge in [0.05, 0.1) is 10.7 Å². The van der Waals surface area contributed by atoms with Crippen LogP contribution in [0.5, 0.6) is 0 Å². The van der Waals surface area contributed by atoms with Crippen LogP contribution in [0.15, 0.2) is 5.38 Å². The molecule has 82 valence electrons. The Kier molecular flexibility index (Phi) is 2.15. The molecule has 3 heteroatoms. The number of thiazole rings is 1. The zero-order valence-corrected chi connectivity index (χ0v) is 10.0. The van der Waals surface area contributed by atoms with Crippen molar-refractivity contribution in [2.45, 2.75) is 44.6 Å². The summed E-state index contributed by atoms with van der Waals surface area (Å²) in [6, 6.07) is 0. The molecule has 2 bridgehead atoms. The summed E-state index contributed by atoms with van der Waals surface area (Å²) in [4.78, 5) is 4.54. The molecule has 2 aliphatic carbocycles. The molecule has 1 heterocycles. The minimum atomic E-state index is 0.0728. The molecule has 3 atom stereocenters. The first kappa shape index (κ1) is 9.79. The van der Waals surface area contributed by atoms with Gasteiger partial charge < -0.3 is 5.73 Å². The van der Waals surface area contributed by atoms with Crippen LogP contribution in [-0.2, 0) is 6.42 Å². The van der Waals surface area contributed by atoms with Gasteiger partial charge in [0, 0.05) is 17.3 Å². The first-order valence-corrected chi connectivity index (χ1v) is 6.73. The minimum Gasteiger partial charge on any atom is -0.324 e. The third-order valence-electron chi connectivity index (χ3n) is 4.20. The second-order valence-corrected chi connectivity index (χ2v) is 6.41. The average Bonchev–Trinajstić information content (AvgIpc) is 2.81. The highest BCUT2D eigenvalue weighted by Crippen LogP contribution is 2.50. The van der Waals surface area contributed by atoms with Gasteiger partial charge in [-0.1, -0.05) is 6.42 Å². The lowest BCUT2D eigenvalue weighted by Gasteiger charge is -2.33. The van der Waals surface area contributed by atoms with Crippen molar-refractivity contribution in [2.24, 2.45) is 17.6 Å². The fraction of sp³-hybridized carbons (Fsp3) is 0.750. The molecule has 2 nitrogen and oxygen atoms in total. The Bertz CT molecular complexity index is 373. The van der Waals surface area contributed by atoms with E-state index >= 15 is 0 Å². The molecule has 0 saturated heterocycles. The van der Waals surface area contributed by atoms with E-state index in [4.69, 9.17) is 5.73 Å². The number of aryl methyl sites for hydroxylation is 1. The Morgan fingerprint density at radius 3 is 3.00 bits per heavy atom. The van der Waals surface area contributed by atoms with Crippen LogP contribution in [0.2, 0.25) is 0 Å². The van der Waals surface area contributed by atoms with Crippen molar-refractivity contribution >= 4 is 11.3 Å². The monoisotopic (exact) mass is 222 g/mol. The first-order valence-electron chi connectivity index (χ1n) is 5.85. The van der Waals surface area contributed by atoms with Crippen molar-refractivity contribution in [3.63, 3.8) is 0 Å². The predicted octanol–water partition coefficient (Wildman–Crippen LogP) is 2.51. The molecule has 15 heavy (non-hydrogen) atoms. The van der Waals surface area contributed by atoms with E-state index in [2.05, 4.69) is 17.3 Å². The molecule has 0 amide bonds. The summed E-state index contributed by atoms with van der Waals surface area (Å²) in [6.07, 6.45) is 6.37. The third-order valence-corrected chi connectivity index (χ3v) is 5.02. The van der Waals surface area contributed by atoms with Crippen molar-refractivity contribution in [2.75, 3.05) is 0 Å². The normalized spacial score (nSPS) is 38.8. The first-order chi connectivity index (χ1) is 7.16. The van der Waals surface area contributed by atoms with E-state index in [9.17, 15) is 0 Å². The molecule has 2 fully saturated rings. The van der Waals surface area contributed by atoms with E-state index < -0.39 is 0 Å². The van der Waals surface area contributed by atoms with E-state index in [0.717, 1.165) is 23.3 Å². The molecule has 1 aromatic rings. The van der Waals surface area contributed by atoms with Crippen molar-refractivity contribution in [3.8, 4) is 0 Å². The molecule has 2 saturated carbocycles. The summed E-state index contributed by atoms with van der Waals surface area (Å²) in [5.41, 5.74) is 7.84. The third kappa shape index (κ3) is 1.62. The van der Waals surface area contributed by atoms with Crippen molar-refractivity contribution < 1.29 is 0 Å². The van der Waals surface area contributed by atoms with Gasteiger partial charge in [0.1, 0.15) is 0 Å². The van der Waals surface area contributed by atoms with Crippen molar-refractivity contribution in [3.05, 3.63) is 16.1 Å². The van der Waals surface area contributed by atoms with Gasteiger partial charge >= 0.3 is 0 Å². The molecule has 2 aliphatic rings. The minimum absolute atomic E-state index is 0.0728. The second kappa shape index (κ2) is 3.29. The molecule has 0 aromatic carbocycles. The van der Waals surface area contributed by atoms with Crippen LogP contribution in [0.4, 0.5) is 0 Å². The van der Waals surface area contributed by atoms with E-state index in [1.165, 1.54) is 31.4 Å². The Balaban J connectivity index is 1.77. The van der Waals surface area contributed by atoms with Crippen molar-refractivity contribution in [1.29, 1.82) is 0 Å². The highest BCUT2D eigenvalue weighted by molar-refractivity contribution is 7.09. The molecule has 0 radical (unpaired) electrons. The van der Waals surface area contributed by atoms with Crippen LogP contribution < -0.4 is 5.73 Å². The Hall–Kier alpha value is -0.410. The van der Waals surface area contributed by atoms with Crippen LogP contribution in [-0.4, -0.2) is 10.5 Å². The molecule has 0 aliphatic heterocycles. The molecule has 3 unspecified atom stereocenters. The lowest BCUT2D eigenvalue weighted by Crippen LogP contribution is -2.47. The van der Waals surface area contributed by atoms with E-state index in [0.29, 0.717) is 0 Å². The Morgan fingerprint density at radius 2 is 2.47 bits per heavy atom. The summed E-state index contributed by atoms with van der Waals surface area (Å²) in [6.45, 7) is 2.07. The number of nitrogens with two attached hydrogens (primary N) is 1. The summed E-state index contributed by atoms with van der Waals surface area (Å²) >= 11 is 1.74. The Labute approximate surface area is 94.9 Å². The summed E-state index contributed by atoms with van der Waals surface area (Å²) < 4.78 is 0. The van der Waals surface area contributed by atoms with Crippen LogP contribution in [0.25, 0.3) is 0 Å². The van der Waals surface area contributed by atoms with E-state index in [1.807, 2.05) is 0 Å². The number of hydrogen-bond acceptors (Lipinski definition) is 3. The predicted molar refractivity (Wildman–Crippen MR) is 62.9 cm³/mol. The molecule has 1 aromatic heterocycles. The molecular weight excluding hydrogens is 204 g/mol. The second-order valence-electron chi connectivity index (χ2n) is 5.35.